The molecule has 2 saturated heterocycles. The minimum Gasteiger partial charge on any atom is -0.460 e. The van der Waals surface area contributed by atoms with Crippen molar-refractivity contribution in [2.45, 2.75) is 244 Å². The highest BCUT2D eigenvalue weighted by atomic mass is 16.6. The van der Waals surface area contributed by atoms with Crippen LogP contribution in [-0.4, -0.2) is 270 Å². The molecule has 1 saturated carbocycles. The maximum absolute atomic E-state index is 14.8. The summed E-state index contributed by atoms with van der Waals surface area (Å²) >= 11 is 0. The fourth-order valence-electron chi connectivity index (χ4n) is 16.9. The van der Waals surface area contributed by atoms with Crippen LogP contribution in [0.3, 0.4) is 0 Å². The number of fused-ring (bicyclic) bond motifs is 5. The van der Waals surface area contributed by atoms with Crippen LogP contribution in [0.5, 0.6) is 0 Å². The van der Waals surface area contributed by atoms with E-state index in [0.29, 0.717) is 215 Å². The number of methoxy groups -OCH3 is 3. The predicted molar refractivity (Wildman–Crippen MR) is 472 cm³/mol. The molecule has 0 radical (unpaired) electrons. The molecule has 5 aromatic rings. The predicted octanol–water partition coefficient (Wildman–Crippen LogP) is 9.03. The number of piperidine rings is 1. The van der Waals surface area contributed by atoms with E-state index in [4.69, 9.17) is 73.1 Å². The van der Waals surface area contributed by atoms with Gasteiger partial charge >= 0.3 is 5.97 Å². The average molecular weight is 1780 g/mol. The molecule has 0 unspecified atom stereocenters. The molecule has 1 aromatic carbocycles. The van der Waals surface area contributed by atoms with E-state index in [9.17, 15) is 48.6 Å². The molecule has 3 amide bonds. The number of benzene rings is 1. The van der Waals surface area contributed by atoms with Gasteiger partial charge in [0.25, 0.3) is 17.7 Å². The summed E-state index contributed by atoms with van der Waals surface area (Å²) in [6.07, 6.45) is 19.0. The van der Waals surface area contributed by atoms with Crippen molar-refractivity contribution in [2.24, 2.45) is 35.5 Å². The quantitative estimate of drug-likeness (QED) is 0.00917. The zero-order chi connectivity index (χ0) is 91.4. The van der Waals surface area contributed by atoms with Crippen LogP contribution < -0.4 is 22.1 Å². The number of anilines is 2. The van der Waals surface area contributed by atoms with Gasteiger partial charge in [-0.3, -0.25) is 33.6 Å². The van der Waals surface area contributed by atoms with Gasteiger partial charge in [-0.05, 0) is 157 Å². The first-order valence-corrected chi connectivity index (χ1v) is 45.2. The van der Waals surface area contributed by atoms with E-state index < -0.39 is 83.7 Å². The fraction of sp³-hybridized carbons (Fsp3) is 0.674. The highest BCUT2D eigenvalue weighted by Gasteiger charge is 2.53. The van der Waals surface area contributed by atoms with Crippen LogP contribution in [0.1, 0.15) is 189 Å². The van der Waals surface area contributed by atoms with Crippen LogP contribution in [0.2, 0.25) is 0 Å². The summed E-state index contributed by atoms with van der Waals surface area (Å²) in [4.78, 5) is 124. The van der Waals surface area contributed by atoms with Gasteiger partial charge in [0.1, 0.15) is 59.3 Å². The molecule has 9 rings (SSSR count). The lowest BCUT2D eigenvalue weighted by Crippen LogP contribution is -2.61. The Bertz CT molecular complexity index is 4470. The number of aromatic nitrogens is 8. The molecule has 3 fully saturated rings. The Morgan fingerprint density at radius 3 is 2.17 bits per heavy atom. The molecular weight excluding hydrogens is 1640 g/mol. The highest BCUT2D eigenvalue weighted by Crippen LogP contribution is 2.41. The summed E-state index contributed by atoms with van der Waals surface area (Å²) in [6.45, 7) is 18.2. The fourth-order valence-corrected chi connectivity index (χ4v) is 16.9. The van der Waals surface area contributed by atoms with Gasteiger partial charge < -0.3 is 93.7 Å². The highest BCUT2D eigenvalue weighted by molar-refractivity contribution is 6.39. The Morgan fingerprint density at radius 1 is 0.724 bits per heavy atom. The summed E-state index contributed by atoms with van der Waals surface area (Å²) in [5.41, 5.74) is 17.1. The SMILES string of the molecule is CO[C@H]1C[C@@H]2CC[C@@H](C)[C@@](O)(O2)C(=O)C(=O)N2CCCC[C@H]2C(=O)O[C@H]([C@H](C)C[C@@H]2CC[C@H](n3cc(CCCC(=O)NCCOCCOCCOCCC(=O)CCCOCCOCCOCCC(=O)NCCCCn4nc(-c5ccc6oc(N)nc6c5)c5c(N)ncnc54)nn3)[C@H](OC)C2)CC(=O)[C@H](C)/C=C(\C)[C@@H](O)[C@@H](OC)C(=O)[C@H](C)C[C@H](C)/C=C/C=C/C=C/1C. The smallest absolute Gasteiger partial charge is 0.329 e. The molecule has 3 aliphatic heterocycles. The molecule has 4 aromatic heterocycles. The zero-order valence-electron chi connectivity index (χ0n) is 75.8. The molecule has 4 aliphatic rings. The zero-order valence-corrected chi connectivity index (χ0v) is 75.8. The van der Waals surface area contributed by atoms with E-state index in [1.165, 1.54) is 18.3 Å². The van der Waals surface area contributed by atoms with Gasteiger partial charge in [-0.1, -0.05) is 76.3 Å². The van der Waals surface area contributed by atoms with Gasteiger partial charge in [0.05, 0.1) is 108 Å². The van der Waals surface area contributed by atoms with Crippen LogP contribution in [0.25, 0.3) is 33.4 Å². The number of aryl methyl sites for hydroxylation is 2. The van der Waals surface area contributed by atoms with Crippen LogP contribution in [0, 0.1) is 35.5 Å². The van der Waals surface area contributed by atoms with Crippen molar-refractivity contribution in [3.8, 4) is 11.3 Å². The molecule has 35 nitrogen and oxygen atoms in total. The number of nitrogens with two attached hydrogens (primary N) is 2. The topological polar surface area (TPSA) is 458 Å². The van der Waals surface area contributed by atoms with Crippen LogP contribution in [-0.2, 0) is 103 Å². The van der Waals surface area contributed by atoms with Crippen molar-refractivity contribution >= 4 is 80.8 Å². The third-order valence-electron chi connectivity index (χ3n) is 24.4. The number of amides is 3. The standard InChI is InChI=1S/C92H137N13O22/c1-59-20-12-11-13-21-60(2)76(116-8)55-70-29-26-65(7)92(115,127-70)86(112)89(113)103-36-16-14-24-73(103)90(114)125-77(56-74(107)61(3)51-64(6)84(111)85(118-10)83(110)63(5)50-59)62(4)52-66-27-30-72(78(53-66)117-9)105-57-68(100-102-105)22-18-25-79(108)96-35-41-122-45-49-124-47-43-120-39-32-69(106)23-19-38-119-42-46-123-48-44-121-40-33-80(109)95-34-15-17-37-104-88-81(87(93)97-58-98-88)82(101-104)67-28-31-75-71(54-67)99-91(94)126-75/h11-13,20-21,28,31,51,54,57-59,61-63,65-66,70,72-73,76-78,84-85,111,115H,14-19,22-27,29-30,32-50,52-53,55-56H2,1-10H3,(H2,94,99)(H,95,109)(H,96,108)(H2,93,97,98)/b13-11+,20-12+,60-21+,64-51+/t59-,61-,62-,63-,65-,66+,70+,72+,73+,76+,77+,78-,84-,85+,92-/m1/s1. The number of Topliss-reactive ketones (excluding diaryl/α,β-unsaturated/α-hetero) is 4. The molecule has 35 heteroatoms. The van der Waals surface area contributed by atoms with E-state index in [1.807, 2.05) is 81.1 Å². The summed E-state index contributed by atoms with van der Waals surface area (Å²) in [7, 11) is 4.60. The summed E-state index contributed by atoms with van der Waals surface area (Å²) in [5, 5.41) is 44.1. The van der Waals surface area contributed by atoms with Crippen molar-refractivity contribution in [3.63, 3.8) is 0 Å². The Hall–Kier alpha value is -8.98. The Labute approximate surface area is 744 Å². The second-order valence-corrected chi connectivity index (χ2v) is 34.1. The summed E-state index contributed by atoms with van der Waals surface area (Å²) in [5.74, 6) is -8.25. The second-order valence-electron chi connectivity index (χ2n) is 34.1. The van der Waals surface area contributed by atoms with Crippen LogP contribution in [0.4, 0.5) is 11.8 Å². The van der Waals surface area contributed by atoms with Gasteiger partial charge in [-0.25, -0.2) is 24.1 Å². The molecule has 7 heterocycles. The normalized spacial score (nSPS) is 26.4. The second kappa shape index (κ2) is 52.6. The molecule has 8 N–H and O–H groups in total. The van der Waals surface area contributed by atoms with Gasteiger partial charge in [0.2, 0.25) is 17.6 Å². The number of rotatable bonds is 42. The number of nitrogens with zero attached hydrogens (tertiary/aromatic N) is 9. The lowest BCUT2D eigenvalue weighted by molar-refractivity contribution is -0.265. The number of aliphatic hydroxyl groups is 2. The number of cyclic esters (lactones) is 1. The summed E-state index contributed by atoms with van der Waals surface area (Å²) < 4.78 is 73.0. The first kappa shape index (κ1) is 102. The maximum atomic E-state index is 14.8. The number of ether oxygens (including phenoxy) is 11. The number of nitrogen functional groups attached to an aromatic ring is 2. The lowest BCUT2D eigenvalue weighted by Gasteiger charge is -2.42. The van der Waals surface area contributed by atoms with E-state index in [1.54, 1.807) is 51.8 Å². The van der Waals surface area contributed by atoms with E-state index in [2.05, 4.69) is 35.9 Å². The van der Waals surface area contributed by atoms with Crippen LogP contribution in [0.15, 0.2) is 82.7 Å². The third-order valence-corrected chi connectivity index (χ3v) is 24.4. The van der Waals surface area contributed by atoms with Gasteiger partial charge in [-0.15, -0.1) is 5.10 Å². The number of allylic oxidation sites excluding steroid dienone is 6. The Kier molecular flexibility index (Phi) is 42.2. The average Bonchev–Trinajstić information content (AvgIpc) is 1.27. The minimum atomic E-state index is -2.48. The molecule has 702 valence electrons. The van der Waals surface area contributed by atoms with Crippen molar-refractivity contribution < 1.29 is 105 Å². The number of hydrogen-bond donors (Lipinski definition) is 6. The number of esters is 1. The Balaban J connectivity index is 0.609. The molecule has 2 bridgehead atoms. The number of unbranched alkanes of at least 4 members (excludes halogenated alkanes) is 1. The van der Waals surface area contributed by atoms with E-state index in [-0.39, 0.29) is 104 Å². The molecule has 0 spiro atoms. The number of ketones is 4. The van der Waals surface area contributed by atoms with E-state index >= 15 is 0 Å². The first-order chi connectivity index (χ1) is 61.2. The summed E-state index contributed by atoms with van der Waals surface area (Å²) in [6, 6.07) is 4.21. The van der Waals surface area contributed by atoms with Gasteiger partial charge in [0.15, 0.2) is 17.0 Å². The lowest BCUT2D eigenvalue weighted by atomic mass is 9.77. The molecule has 1 aliphatic carbocycles. The van der Waals surface area contributed by atoms with Crippen LogP contribution >= 0.6 is 0 Å². The number of hydrogen-bond acceptors (Lipinski definition) is 30. The van der Waals surface area contributed by atoms with E-state index in [0.717, 1.165) is 36.1 Å². The number of nitrogens with one attached hydrogen (secondary N) is 2. The van der Waals surface area contributed by atoms with Crippen molar-refractivity contribution in [2.75, 3.05) is 132 Å². The van der Waals surface area contributed by atoms with Gasteiger partial charge in [0, 0.05) is 122 Å². The largest absolute Gasteiger partial charge is 0.460 e. The minimum absolute atomic E-state index is 0.0156. The molecular formula is C92H137N13O22. The van der Waals surface area contributed by atoms with Crippen molar-refractivity contribution in [1.82, 2.24) is 55.3 Å². The first-order valence-electron chi connectivity index (χ1n) is 45.2. The number of carbonyl (C=O) groups is 8. The molecule has 127 heavy (non-hydrogen) atoms. The maximum Gasteiger partial charge on any atom is 0.329 e. The monoisotopic (exact) mass is 1780 g/mol. The van der Waals surface area contributed by atoms with Gasteiger partial charge in [-0.2, -0.15) is 10.1 Å². The number of oxazole rings is 1. The van der Waals surface area contributed by atoms with Crippen molar-refractivity contribution in [1.29, 1.82) is 0 Å². The van der Waals surface area contributed by atoms with Crippen molar-refractivity contribution in [3.05, 3.63) is 84.0 Å². The third kappa shape index (κ3) is 31.1. The number of carbonyl (C=O) groups excluding carboxylic acids is 8. The number of aliphatic hydroxyl groups excluding tert-OH is 1. The Morgan fingerprint density at radius 2 is 1.43 bits per heavy atom. The molecule has 15 atom stereocenters.